The Hall–Kier alpha value is -0.850. The van der Waals surface area contributed by atoms with Gasteiger partial charge in [-0.2, -0.15) is 0 Å². The fourth-order valence-corrected chi connectivity index (χ4v) is 3.04. The van der Waals surface area contributed by atoms with Crippen molar-refractivity contribution in [3.63, 3.8) is 0 Å². The third-order valence-electron chi connectivity index (χ3n) is 2.80. The molecule has 0 saturated carbocycles. The van der Waals surface area contributed by atoms with Gasteiger partial charge in [0.25, 0.3) is 0 Å². The van der Waals surface area contributed by atoms with Crippen LogP contribution >= 0.6 is 0 Å². The van der Waals surface area contributed by atoms with Crippen molar-refractivity contribution in [3.05, 3.63) is 18.0 Å². The monoisotopic (exact) mass is 287 g/mol. The van der Waals surface area contributed by atoms with E-state index < -0.39 is 10.0 Å². The average Bonchev–Trinajstić information content (AvgIpc) is 2.74. The van der Waals surface area contributed by atoms with Crippen molar-refractivity contribution in [2.45, 2.75) is 51.6 Å². The van der Waals surface area contributed by atoms with Crippen LogP contribution in [0, 0.1) is 0 Å². The molecule has 1 rings (SSSR count). The Bertz CT molecular complexity index is 480. The Morgan fingerprint density at radius 2 is 1.95 bits per heavy atom. The van der Waals surface area contributed by atoms with Crippen LogP contribution in [-0.4, -0.2) is 26.1 Å². The molecule has 0 unspecified atom stereocenters. The number of aromatic nitrogens is 1. The quantitative estimate of drug-likeness (QED) is 0.680. The second-order valence-corrected chi connectivity index (χ2v) is 6.31. The van der Waals surface area contributed by atoms with E-state index in [4.69, 9.17) is 0 Å². The molecule has 0 fully saturated rings. The lowest BCUT2D eigenvalue weighted by Gasteiger charge is -2.08. The molecule has 110 valence electrons. The zero-order chi connectivity index (χ0) is 14.3. The van der Waals surface area contributed by atoms with Gasteiger partial charge in [0.2, 0.25) is 10.0 Å². The van der Waals surface area contributed by atoms with E-state index in [1.165, 1.54) is 0 Å². The van der Waals surface area contributed by atoms with Crippen LogP contribution in [0.15, 0.2) is 17.2 Å². The van der Waals surface area contributed by atoms with E-state index in [0.717, 1.165) is 31.6 Å². The van der Waals surface area contributed by atoms with Crippen LogP contribution in [0.3, 0.4) is 0 Å². The van der Waals surface area contributed by atoms with Gasteiger partial charge in [0.15, 0.2) is 0 Å². The standard InChI is InChI=1S/C13H25N3O2S/c1-4-7-14-10-12-9-13(11-16(12)8-5-2)19(17,18)15-6-3/h9,11,14-15H,4-8,10H2,1-3H3. The number of hydrogen-bond donors (Lipinski definition) is 2. The molecule has 1 heterocycles. The van der Waals surface area contributed by atoms with Crippen molar-refractivity contribution in [2.24, 2.45) is 0 Å². The molecular formula is C13H25N3O2S. The van der Waals surface area contributed by atoms with Gasteiger partial charge in [0.1, 0.15) is 0 Å². The molecule has 0 bridgehead atoms. The number of nitrogens with zero attached hydrogens (tertiary/aromatic N) is 1. The Kier molecular flexibility index (Phi) is 6.54. The summed E-state index contributed by atoms with van der Waals surface area (Å²) in [6.07, 6.45) is 3.78. The lowest BCUT2D eigenvalue weighted by Crippen LogP contribution is -2.22. The molecule has 0 amide bonds. The van der Waals surface area contributed by atoms with Crippen LogP contribution in [0.2, 0.25) is 0 Å². The van der Waals surface area contributed by atoms with E-state index in [1.807, 2.05) is 4.57 Å². The van der Waals surface area contributed by atoms with Crippen molar-refractivity contribution >= 4 is 10.0 Å². The third-order valence-corrected chi connectivity index (χ3v) is 4.32. The maximum Gasteiger partial charge on any atom is 0.242 e. The summed E-state index contributed by atoms with van der Waals surface area (Å²) in [7, 11) is -3.36. The summed E-state index contributed by atoms with van der Waals surface area (Å²) in [6, 6.07) is 1.76. The molecule has 0 aliphatic carbocycles. The first-order valence-corrected chi connectivity index (χ1v) is 8.42. The molecule has 0 radical (unpaired) electrons. The van der Waals surface area contributed by atoms with E-state index >= 15 is 0 Å². The van der Waals surface area contributed by atoms with Crippen molar-refractivity contribution in [1.82, 2.24) is 14.6 Å². The fourth-order valence-electron chi connectivity index (χ4n) is 1.94. The highest BCUT2D eigenvalue weighted by Gasteiger charge is 2.16. The van der Waals surface area contributed by atoms with E-state index in [1.54, 1.807) is 19.2 Å². The zero-order valence-electron chi connectivity index (χ0n) is 12.1. The van der Waals surface area contributed by atoms with Gasteiger partial charge in [0, 0.05) is 31.5 Å². The predicted octanol–water partition coefficient (Wildman–Crippen LogP) is 1.70. The van der Waals surface area contributed by atoms with Crippen molar-refractivity contribution in [2.75, 3.05) is 13.1 Å². The van der Waals surface area contributed by atoms with E-state index in [2.05, 4.69) is 23.9 Å². The molecule has 5 nitrogen and oxygen atoms in total. The van der Waals surface area contributed by atoms with Crippen LogP contribution < -0.4 is 10.0 Å². The first kappa shape index (κ1) is 16.2. The van der Waals surface area contributed by atoms with Crippen molar-refractivity contribution in [3.8, 4) is 0 Å². The van der Waals surface area contributed by atoms with Crippen LogP contribution in [0.1, 0.15) is 39.3 Å². The molecule has 0 aliphatic heterocycles. The summed E-state index contributed by atoms with van der Waals surface area (Å²) in [4.78, 5) is 0.357. The Morgan fingerprint density at radius 3 is 2.53 bits per heavy atom. The Labute approximate surface area is 116 Å². The fraction of sp³-hybridized carbons (Fsp3) is 0.692. The highest BCUT2D eigenvalue weighted by atomic mass is 32.2. The van der Waals surface area contributed by atoms with Crippen LogP contribution in [0.5, 0.6) is 0 Å². The van der Waals surface area contributed by atoms with Crippen molar-refractivity contribution in [1.29, 1.82) is 0 Å². The van der Waals surface area contributed by atoms with Gasteiger partial charge in [0.05, 0.1) is 4.90 Å². The maximum atomic E-state index is 12.0. The molecular weight excluding hydrogens is 262 g/mol. The second-order valence-electron chi connectivity index (χ2n) is 4.54. The molecule has 0 aliphatic rings. The molecule has 6 heteroatoms. The molecule has 19 heavy (non-hydrogen) atoms. The van der Waals surface area contributed by atoms with E-state index in [0.29, 0.717) is 18.0 Å². The van der Waals surface area contributed by atoms with E-state index in [9.17, 15) is 8.42 Å². The first-order valence-electron chi connectivity index (χ1n) is 6.94. The summed E-state index contributed by atoms with van der Waals surface area (Å²) in [6.45, 7) is 8.86. The third kappa shape index (κ3) is 4.63. The Morgan fingerprint density at radius 1 is 1.21 bits per heavy atom. The minimum Gasteiger partial charge on any atom is -0.349 e. The topological polar surface area (TPSA) is 63.1 Å². The van der Waals surface area contributed by atoms with Gasteiger partial charge in [-0.05, 0) is 25.5 Å². The predicted molar refractivity (Wildman–Crippen MR) is 77.6 cm³/mol. The smallest absolute Gasteiger partial charge is 0.242 e. The molecule has 2 N–H and O–H groups in total. The molecule has 0 atom stereocenters. The van der Waals surface area contributed by atoms with Gasteiger partial charge in [-0.25, -0.2) is 13.1 Å². The van der Waals surface area contributed by atoms with Gasteiger partial charge in [-0.1, -0.05) is 20.8 Å². The lowest BCUT2D eigenvalue weighted by molar-refractivity contribution is 0.582. The molecule has 1 aromatic heterocycles. The Balaban J connectivity index is 2.93. The van der Waals surface area contributed by atoms with Crippen LogP contribution in [0.25, 0.3) is 0 Å². The zero-order valence-corrected chi connectivity index (χ0v) is 12.9. The summed E-state index contributed by atoms with van der Waals surface area (Å²) in [5, 5.41) is 3.31. The molecule has 0 spiro atoms. The number of nitrogens with one attached hydrogen (secondary N) is 2. The van der Waals surface area contributed by atoms with Gasteiger partial charge in [-0.3, -0.25) is 0 Å². The first-order chi connectivity index (χ1) is 9.05. The number of aryl methyl sites for hydroxylation is 1. The van der Waals surface area contributed by atoms with Gasteiger partial charge < -0.3 is 9.88 Å². The largest absolute Gasteiger partial charge is 0.349 e. The molecule has 0 aromatic carbocycles. The minimum absolute atomic E-state index is 0.357. The normalized spacial score (nSPS) is 11.9. The average molecular weight is 287 g/mol. The number of sulfonamides is 1. The van der Waals surface area contributed by atoms with Crippen LogP contribution in [-0.2, 0) is 23.1 Å². The minimum atomic E-state index is -3.36. The van der Waals surface area contributed by atoms with Gasteiger partial charge in [-0.15, -0.1) is 0 Å². The summed E-state index contributed by atoms with van der Waals surface area (Å²) < 4.78 is 28.5. The second kappa shape index (κ2) is 7.67. The maximum absolute atomic E-state index is 12.0. The van der Waals surface area contributed by atoms with Gasteiger partial charge >= 0.3 is 0 Å². The summed E-state index contributed by atoms with van der Waals surface area (Å²) >= 11 is 0. The highest BCUT2D eigenvalue weighted by molar-refractivity contribution is 7.89. The number of rotatable bonds is 9. The van der Waals surface area contributed by atoms with E-state index in [-0.39, 0.29) is 0 Å². The van der Waals surface area contributed by atoms with Crippen LogP contribution in [0.4, 0.5) is 0 Å². The summed E-state index contributed by atoms with van der Waals surface area (Å²) in [5.74, 6) is 0. The highest BCUT2D eigenvalue weighted by Crippen LogP contribution is 2.15. The molecule has 0 saturated heterocycles. The number of hydrogen-bond acceptors (Lipinski definition) is 3. The summed E-state index contributed by atoms with van der Waals surface area (Å²) in [5.41, 5.74) is 1.02. The van der Waals surface area contributed by atoms with Crippen molar-refractivity contribution < 1.29 is 8.42 Å². The molecule has 1 aromatic rings. The SMILES string of the molecule is CCCNCc1cc(S(=O)(=O)NCC)cn1CCC. The lowest BCUT2D eigenvalue weighted by atomic mass is 10.4.